The fourth-order valence-corrected chi connectivity index (χ4v) is 2.02. The van der Waals surface area contributed by atoms with Crippen LogP contribution in [0.5, 0.6) is 0 Å². The van der Waals surface area contributed by atoms with Crippen molar-refractivity contribution >= 4 is 28.0 Å². The normalized spacial score (nSPS) is 11.1. The first-order valence-electron chi connectivity index (χ1n) is 4.01. The maximum atomic E-state index is 10.4. The van der Waals surface area contributed by atoms with Gasteiger partial charge in [0.15, 0.2) is 0 Å². The predicted molar refractivity (Wildman–Crippen MR) is 59.3 cm³/mol. The fraction of sp³-hybridized carbons (Fsp3) is 0.625. The lowest BCUT2D eigenvalue weighted by Gasteiger charge is -2.08. The Bertz CT molecular complexity index is 162. The van der Waals surface area contributed by atoms with Crippen LogP contribution in [0.1, 0.15) is 13.8 Å². The molecular formula is C8H15NO2S2. The van der Waals surface area contributed by atoms with Crippen molar-refractivity contribution in [2.24, 2.45) is 0 Å². The molecule has 0 aromatic heterocycles. The van der Waals surface area contributed by atoms with Crippen LogP contribution >= 0.6 is 21.6 Å². The van der Waals surface area contributed by atoms with E-state index in [4.69, 9.17) is 5.11 Å². The number of nitrogens with zero attached hydrogens (tertiary/aromatic N) is 1. The second kappa shape index (κ2) is 8.47. The van der Waals surface area contributed by atoms with Crippen molar-refractivity contribution in [1.29, 1.82) is 0 Å². The van der Waals surface area contributed by atoms with Crippen LogP contribution < -0.4 is 0 Å². The molecule has 1 amide bonds. The average molecular weight is 221 g/mol. The van der Waals surface area contributed by atoms with Crippen LogP contribution in [0.15, 0.2) is 11.6 Å². The van der Waals surface area contributed by atoms with Gasteiger partial charge in [-0.1, -0.05) is 35.4 Å². The molecule has 0 aliphatic heterocycles. The molecule has 0 atom stereocenters. The van der Waals surface area contributed by atoms with Crippen LogP contribution in [-0.2, 0) is 4.79 Å². The Morgan fingerprint density at radius 2 is 2.23 bits per heavy atom. The summed E-state index contributed by atoms with van der Waals surface area (Å²) in [6.07, 6.45) is 2.37. The van der Waals surface area contributed by atoms with Gasteiger partial charge in [-0.15, -0.1) is 0 Å². The summed E-state index contributed by atoms with van der Waals surface area (Å²) in [4.78, 5) is 11.8. The Hall–Kier alpha value is -0.130. The predicted octanol–water partition coefficient (Wildman–Crippen LogP) is 1.70. The first kappa shape index (κ1) is 12.9. The molecule has 0 unspecified atom stereocenters. The van der Waals surface area contributed by atoms with E-state index in [1.54, 1.807) is 27.8 Å². The van der Waals surface area contributed by atoms with Gasteiger partial charge in [0, 0.05) is 18.0 Å². The number of amides is 1. The van der Waals surface area contributed by atoms with Gasteiger partial charge in [-0.05, 0) is 5.41 Å². The number of hydrogen-bond donors (Lipinski definition) is 1. The second-order valence-corrected chi connectivity index (χ2v) is 5.35. The first-order valence-corrected chi connectivity index (χ1v) is 6.29. The Kier molecular flexibility index (Phi) is 8.38. The molecular weight excluding hydrogens is 206 g/mol. The standard InChI is InChI=1S/C8H15NO2S2/c1-8(2)13-12-6-4-9(7-11)3-5-10/h4,6-8,10H,3,5H2,1-2H3. The number of hydrogen-bond acceptors (Lipinski definition) is 4. The third kappa shape index (κ3) is 8.21. The molecule has 0 saturated carbocycles. The number of aliphatic hydroxyl groups excluding tert-OH is 1. The maximum absolute atomic E-state index is 10.4. The molecule has 3 nitrogen and oxygen atoms in total. The smallest absolute Gasteiger partial charge is 0.213 e. The highest BCUT2D eigenvalue weighted by molar-refractivity contribution is 8.78. The van der Waals surface area contributed by atoms with Crippen molar-refractivity contribution in [3.8, 4) is 0 Å². The van der Waals surface area contributed by atoms with Crippen LogP contribution in [0, 0.1) is 0 Å². The summed E-state index contributed by atoms with van der Waals surface area (Å²) in [6.45, 7) is 4.56. The van der Waals surface area contributed by atoms with E-state index < -0.39 is 0 Å². The van der Waals surface area contributed by atoms with E-state index in [1.807, 2.05) is 5.41 Å². The molecule has 0 aromatic carbocycles. The number of carbonyl (C=O) groups excluding carboxylic acids is 1. The third-order valence-electron chi connectivity index (χ3n) is 1.05. The molecule has 0 aliphatic rings. The third-order valence-corrected chi connectivity index (χ3v) is 3.60. The van der Waals surface area contributed by atoms with Crippen molar-refractivity contribution < 1.29 is 9.90 Å². The maximum Gasteiger partial charge on any atom is 0.213 e. The molecule has 5 heteroatoms. The van der Waals surface area contributed by atoms with Gasteiger partial charge in [0.05, 0.1) is 6.61 Å². The summed E-state index contributed by atoms with van der Waals surface area (Å²) >= 11 is 0. The van der Waals surface area contributed by atoms with E-state index in [-0.39, 0.29) is 6.61 Å². The zero-order valence-electron chi connectivity index (χ0n) is 7.84. The van der Waals surface area contributed by atoms with Gasteiger partial charge in [0.25, 0.3) is 0 Å². The van der Waals surface area contributed by atoms with E-state index in [9.17, 15) is 4.79 Å². The molecule has 0 heterocycles. The number of rotatable bonds is 7. The van der Waals surface area contributed by atoms with Crippen molar-refractivity contribution in [1.82, 2.24) is 4.90 Å². The van der Waals surface area contributed by atoms with Gasteiger partial charge in [-0.2, -0.15) is 0 Å². The summed E-state index contributed by atoms with van der Waals surface area (Å²) in [5, 5.41) is 11.0. The highest BCUT2D eigenvalue weighted by Gasteiger charge is 1.94. The lowest BCUT2D eigenvalue weighted by Crippen LogP contribution is -2.18. The van der Waals surface area contributed by atoms with Gasteiger partial charge in [0.1, 0.15) is 0 Å². The molecule has 0 rings (SSSR count). The molecule has 0 fully saturated rings. The van der Waals surface area contributed by atoms with E-state index in [1.165, 1.54) is 4.90 Å². The minimum absolute atomic E-state index is 0.00886. The zero-order valence-corrected chi connectivity index (χ0v) is 9.48. The van der Waals surface area contributed by atoms with E-state index >= 15 is 0 Å². The Morgan fingerprint density at radius 3 is 2.69 bits per heavy atom. The van der Waals surface area contributed by atoms with E-state index in [0.717, 1.165) is 0 Å². The molecule has 0 aliphatic carbocycles. The van der Waals surface area contributed by atoms with Gasteiger partial charge in [0.2, 0.25) is 6.41 Å². The van der Waals surface area contributed by atoms with Crippen molar-refractivity contribution in [2.45, 2.75) is 19.1 Å². The van der Waals surface area contributed by atoms with Gasteiger partial charge in [-0.3, -0.25) is 4.79 Å². The minimum atomic E-state index is -0.00886. The molecule has 0 aromatic rings. The van der Waals surface area contributed by atoms with Gasteiger partial charge in [-0.25, -0.2) is 0 Å². The molecule has 0 spiro atoms. The van der Waals surface area contributed by atoms with Crippen LogP contribution in [-0.4, -0.2) is 34.8 Å². The topological polar surface area (TPSA) is 40.5 Å². The van der Waals surface area contributed by atoms with Crippen LogP contribution in [0.2, 0.25) is 0 Å². The monoisotopic (exact) mass is 221 g/mol. The zero-order chi connectivity index (χ0) is 10.1. The molecule has 76 valence electrons. The number of carbonyl (C=O) groups is 1. The second-order valence-electron chi connectivity index (χ2n) is 2.59. The highest BCUT2D eigenvalue weighted by Crippen LogP contribution is 2.26. The van der Waals surface area contributed by atoms with Gasteiger partial charge < -0.3 is 10.0 Å². The molecule has 0 radical (unpaired) electrons. The summed E-state index contributed by atoms with van der Waals surface area (Å²) < 4.78 is 0. The highest BCUT2D eigenvalue weighted by atomic mass is 33.1. The van der Waals surface area contributed by atoms with Crippen LogP contribution in [0.3, 0.4) is 0 Å². The Balaban J connectivity index is 3.60. The van der Waals surface area contributed by atoms with Crippen molar-refractivity contribution in [2.75, 3.05) is 13.2 Å². The number of aliphatic hydroxyl groups is 1. The summed E-state index contributed by atoms with van der Waals surface area (Å²) in [6, 6.07) is 0. The lowest BCUT2D eigenvalue weighted by molar-refractivity contribution is -0.116. The molecule has 1 N–H and O–H groups in total. The van der Waals surface area contributed by atoms with Crippen LogP contribution in [0.25, 0.3) is 0 Å². The van der Waals surface area contributed by atoms with Crippen LogP contribution in [0.4, 0.5) is 0 Å². The Labute approximate surface area is 87.0 Å². The summed E-state index contributed by atoms with van der Waals surface area (Å²) in [7, 11) is 3.31. The van der Waals surface area contributed by atoms with Crippen molar-refractivity contribution in [3.63, 3.8) is 0 Å². The van der Waals surface area contributed by atoms with E-state index in [0.29, 0.717) is 18.2 Å². The lowest BCUT2D eigenvalue weighted by atomic mass is 10.6. The van der Waals surface area contributed by atoms with E-state index in [2.05, 4.69) is 13.8 Å². The Morgan fingerprint density at radius 1 is 1.54 bits per heavy atom. The summed E-state index contributed by atoms with van der Waals surface area (Å²) in [5.74, 6) is 0. The SMILES string of the molecule is CC(C)SSC=CN(C=O)CCO. The van der Waals surface area contributed by atoms with Crippen molar-refractivity contribution in [3.05, 3.63) is 11.6 Å². The molecule has 13 heavy (non-hydrogen) atoms. The molecule has 0 bridgehead atoms. The average Bonchev–Trinajstić information content (AvgIpc) is 2.10. The quantitative estimate of drug-likeness (QED) is 0.525. The van der Waals surface area contributed by atoms with Gasteiger partial charge >= 0.3 is 0 Å². The largest absolute Gasteiger partial charge is 0.395 e. The first-order chi connectivity index (χ1) is 6.20. The fourth-order valence-electron chi connectivity index (χ4n) is 0.524. The molecule has 0 saturated heterocycles. The summed E-state index contributed by atoms with van der Waals surface area (Å²) in [5.41, 5.74) is 0. The minimum Gasteiger partial charge on any atom is -0.395 e.